The van der Waals surface area contributed by atoms with Crippen LogP contribution < -0.4 is 10.1 Å². The lowest BCUT2D eigenvalue weighted by molar-refractivity contribution is 0.411. The molecule has 0 aromatic heterocycles. The van der Waals surface area contributed by atoms with Crippen molar-refractivity contribution in [1.82, 2.24) is 5.32 Å². The Kier molecular flexibility index (Phi) is 6.22. The number of nitrogens with one attached hydrogen (secondary N) is 1. The van der Waals surface area contributed by atoms with Crippen molar-refractivity contribution in [2.45, 2.75) is 25.6 Å². The van der Waals surface area contributed by atoms with Crippen LogP contribution in [0.3, 0.4) is 0 Å². The highest BCUT2D eigenvalue weighted by molar-refractivity contribution is 7.83. The Labute approximate surface area is 106 Å². The van der Waals surface area contributed by atoms with Crippen molar-refractivity contribution in [2.24, 2.45) is 0 Å². The van der Waals surface area contributed by atoms with Crippen molar-refractivity contribution in [3.8, 4) is 5.75 Å². The maximum atomic E-state index is 11.3. The second kappa shape index (κ2) is 7.45. The third-order valence-corrected chi connectivity index (χ3v) is 3.18. The molecule has 1 aromatic rings. The summed E-state index contributed by atoms with van der Waals surface area (Å²) < 4.78 is 16.6. The average Bonchev–Trinajstić information content (AvgIpc) is 2.29. The molecule has 0 aliphatic rings. The number of rotatable bonds is 7. The van der Waals surface area contributed by atoms with Crippen LogP contribution in [0.2, 0.25) is 0 Å². The Morgan fingerprint density at radius 2 is 2.18 bits per heavy atom. The van der Waals surface area contributed by atoms with Crippen molar-refractivity contribution in [3.05, 3.63) is 29.3 Å². The lowest BCUT2D eigenvalue weighted by Crippen LogP contribution is -2.14. The van der Waals surface area contributed by atoms with Crippen LogP contribution in [-0.2, 0) is 23.1 Å². The summed E-state index contributed by atoms with van der Waals surface area (Å²) in [4.78, 5) is 0. The van der Waals surface area contributed by atoms with E-state index in [1.807, 2.05) is 12.1 Å². The fraction of sp³-hybridized carbons (Fsp3) is 0.538. The Bertz CT molecular complexity index is 380. The highest BCUT2D eigenvalue weighted by Crippen LogP contribution is 2.21. The van der Waals surface area contributed by atoms with Crippen molar-refractivity contribution in [2.75, 3.05) is 19.9 Å². The molecule has 1 N–H and O–H groups in total. The van der Waals surface area contributed by atoms with Gasteiger partial charge in [-0.2, -0.15) is 0 Å². The summed E-state index contributed by atoms with van der Waals surface area (Å²) in [7, 11) is 0.801. The molecule has 0 amide bonds. The molecule has 0 radical (unpaired) electrons. The number of benzene rings is 1. The SMILES string of the molecule is CCCNCc1ccc(OC)c(CS(C)=O)c1. The summed E-state index contributed by atoms with van der Waals surface area (Å²) in [5, 5.41) is 3.35. The van der Waals surface area contributed by atoms with E-state index in [2.05, 4.69) is 18.3 Å². The van der Waals surface area contributed by atoms with Crippen molar-refractivity contribution in [3.63, 3.8) is 0 Å². The topological polar surface area (TPSA) is 38.3 Å². The summed E-state index contributed by atoms with van der Waals surface area (Å²) in [5.74, 6) is 1.37. The van der Waals surface area contributed by atoms with Crippen LogP contribution in [-0.4, -0.2) is 24.1 Å². The predicted molar refractivity (Wildman–Crippen MR) is 72.8 cm³/mol. The van der Waals surface area contributed by atoms with Gasteiger partial charge in [0.2, 0.25) is 0 Å². The zero-order valence-electron chi connectivity index (χ0n) is 10.8. The molecule has 1 rings (SSSR count). The first-order valence-electron chi connectivity index (χ1n) is 5.84. The van der Waals surface area contributed by atoms with Crippen molar-refractivity contribution >= 4 is 10.8 Å². The van der Waals surface area contributed by atoms with Gasteiger partial charge in [0.15, 0.2) is 0 Å². The van der Waals surface area contributed by atoms with Gasteiger partial charge >= 0.3 is 0 Å². The minimum Gasteiger partial charge on any atom is -0.496 e. The summed E-state index contributed by atoms with van der Waals surface area (Å²) in [6, 6.07) is 6.07. The Morgan fingerprint density at radius 1 is 1.41 bits per heavy atom. The smallest absolute Gasteiger partial charge is 0.123 e. The van der Waals surface area contributed by atoms with Crippen LogP contribution in [0.1, 0.15) is 24.5 Å². The maximum absolute atomic E-state index is 11.3. The maximum Gasteiger partial charge on any atom is 0.123 e. The standard InChI is InChI=1S/C13H21NO2S/c1-4-7-14-9-11-5-6-13(16-2)12(8-11)10-17(3)15/h5-6,8,14H,4,7,9-10H2,1-3H3. The van der Waals surface area contributed by atoms with Gasteiger partial charge in [-0.1, -0.05) is 13.0 Å². The van der Waals surface area contributed by atoms with Gasteiger partial charge in [0.05, 0.1) is 12.9 Å². The summed E-state index contributed by atoms with van der Waals surface area (Å²) in [6.45, 7) is 4.01. The van der Waals surface area contributed by atoms with E-state index in [0.29, 0.717) is 5.75 Å². The normalized spacial score (nSPS) is 12.4. The molecule has 0 saturated heterocycles. The van der Waals surface area contributed by atoms with Gasteiger partial charge in [0.1, 0.15) is 5.75 Å². The number of methoxy groups -OCH3 is 1. The molecular formula is C13H21NO2S. The minimum atomic E-state index is -0.844. The minimum absolute atomic E-state index is 0.546. The molecule has 0 aliphatic carbocycles. The lowest BCUT2D eigenvalue weighted by Gasteiger charge is -2.10. The largest absolute Gasteiger partial charge is 0.496 e. The molecule has 1 unspecified atom stereocenters. The van der Waals surface area contributed by atoms with Gasteiger partial charge in [0.25, 0.3) is 0 Å². The first-order valence-corrected chi connectivity index (χ1v) is 7.56. The van der Waals surface area contributed by atoms with E-state index in [9.17, 15) is 4.21 Å². The zero-order chi connectivity index (χ0) is 12.7. The van der Waals surface area contributed by atoms with E-state index < -0.39 is 10.8 Å². The quantitative estimate of drug-likeness (QED) is 0.758. The molecule has 0 saturated carbocycles. The monoisotopic (exact) mass is 255 g/mol. The molecule has 1 aromatic carbocycles. The lowest BCUT2D eigenvalue weighted by atomic mass is 10.1. The highest BCUT2D eigenvalue weighted by atomic mass is 32.2. The molecule has 0 heterocycles. The predicted octanol–water partition coefficient (Wildman–Crippen LogP) is 2.07. The van der Waals surface area contributed by atoms with Gasteiger partial charge < -0.3 is 10.1 Å². The van der Waals surface area contributed by atoms with Crippen molar-refractivity contribution < 1.29 is 8.95 Å². The third kappa shape index (κ3) is 4.88. The molecule has 1 atom stereocenters. The van der Waals surface area contributed by atoms with Gasteiger partial charge in [-0.3, -0.25) is 4.21 Å². The molecule has 0 aliphatic heterocycles. The second-order valence-corrected chi connectivity index (χ2v) is 5.48. The van der Waals surface area contributed by atoms with Crippen LogP contribution in [0.25, 0.3) is 0 Å². The van der Waals surface area contributed by atoms with Crippen LogP contribution >= 0.6 is 0 Å². The first-order chi connectivity index (χ1) is 8.17. The van der Waals surface area contributed by atoms with Gasteiger partial charge in [-0.25, -0.2) is 0 Å². The fourth-order valence-electron chi connectivity index (χ4n) is 1.68. The molecule has 3 nitrogen and oxygen atoms in total. The Morgan fingerprint density at radius 3 is 2.76 bits per heavy atom. The van der Waals surface area contributed by atoms with Crippen LogP contribution in [0.4, 0.5) is 0 Å². The third-order valence-electron chi connectivity index (χ3n) is 2.46. The molecule has 17 heavy (non-hydrogen) atoms. The van der Waals surface area contributed by atoms with Crippen LogP contribution in [0.5, 0.6) is 5.75 Å². The molecular weight excluding hydrogens is 234 g/mol. The average molecular weight is 255 g/mol. The van der Waals surface area contributed by atoms with E-state index >= 15 is 0 Å². The van der Waals surface area contributed by atoms with E-state index in [0.717, 1.165) is 30.8 Å². The van der Waals surface area contributed by atoms with Gasteiger partial charge in [0, 0.05) is 29.2 Å². The van der Waals surface area contributed by atoms with Gasteiger partial charge in [-0.05, 0) is 30.7 Å². The van der Waals surface area contributed by atoms with Crippen LogP contribution in [0.15, 0.2) is 18.2 Å². The number of hydrogen-bond acceptors (Lipinski definition) is 3. The van der Waals surface area contributed by atoms with Crippen LogP contribution in [0, 0.1) is 0 Å². The van der Waals surface area contributed by atoms with E-state index in [-0.39, 0.29) is 0 Å². The molecule has 96 valence electrons. The molecule has 0 fully saturated rings. The molecule has 0 bridgehead atoms. The summed E-state index contributed by atoms with van der Waals surface area (Å²) in [6.07, 6.45) is 2.84. The Balaban J connectivity index is 2.77. The molecule has 4 heteroatoms. The first kappa shape index (κ1) is 14.2. The fourth-order valence-corrected chi connectivity index (χ4v) is 2.35. The number of hydrogen-bond donors (Lipinski definition) is 1. The van der Waals surface area contributed by atoms with Crippen molar-refractivity contribution in [1.29, 1.82) is 0 Å². The number of ether oxygens (including phenoxy) is 1. The Hall–Kier alpha value is -0.870. The second-order valence-electron chi connectivity index (χ2n) is 4.04. The molecule has 0 spiro atoms. The highest BCUT2D eigenvalue weighted by Gasteiger charge is 2.06. The van der Waals surface area contributed by atoms with E-state index in [4.69, 9.17) is 4.74 Å². The van der Waals surface area contributed by atoms with E-state index in [1.165, 1.54) is 5.56 Å². The van der Waals surface area contributed by atoms with E-state index in [1.54, 1.807) is 13.4 Å². The zero-order valence-corrected chi connectivity index (χ0v) is 11.6. The summed E-state index contributed by atoms with van der Waals surface area (Å²) >= 11 is 0. The summed E-state index contributed by atoms with van der Waals surface area (Å²) in [5.41, 5.74) is 2.23. The van der Waals surface area contributed by atoms with Gasteiger partial charge in [-0.15, -0.1) is 0 Å².